The van der Waals surface area contributed by atoms with E-state index in [1.54, 1.807) is 0 Å². The molecule has 0 fully saturated rings. The molecular formula is C9H3Cl4NO2. The molecule has 1 aromatic carbocycles. The second kappa shape index (κ2) is 4.08. The molecule has 7 heteroatoms. The van der Waals surface area contributed by atoms with Crippen molar-refractivity contribution in [2.24, 2.45) is 0 Å². The summed E-state index contributed by atoms with van der Waals surface area (Å²) in [5.41, 5.74) is -0.456. The topological polar surface area (TPSA) is 43.1 Å². The van der Waals surface area contributed by atoms with Crippen molar-refractivity contribution in [1.82, 2.24) is 4.98 Å². The summed E-state index contributed by atoms with van der Waals surface area (Å²) in [5.74, 6) is 0.175. The minimum absolute atomic E-state index is 0.00711. The normalized spacial score (nSPS) is 11.1. The highest BCUT2D eigenvalue weighted by molar-refractivity contribution is 6.55. The van der Waals surface area contributed by atoms with Crippen LogP contribution in [0.5, 0.6) is 0 Å². The van der Waals surface area contributed by atoms with Crippen molar-refractivity contribution in [2.75, 3.05) is 0 Å². The van der Waals surface area contributed by atoms with Gasteiger partial charge < -0.3 is 4.42 Å². The zero-order chi connectivity index (χ0) is 12.0. The Kier molecular flexibility index (Phi) is 3.05. The summed E-state index contributed by atoms with van der Waals surface area (Å²) >= 11 is 23.5. The molecule has 0 saturated carbocycles. The van der Waals surface area contributed by atoms with Crippen LogP contribution in [0, 0.1) is 6.92 Å². The highest BCUT2D eigenvalue weighted by Gasteiger charge is 2.19. The van der Waals surface area contributed by atoms with Crippen LogP contribution >= 0.6 is 46.4 Å². The first kappa shape index (κ1) is 12.0. The molecule has 0 spiro atoms. The lowest BCUT2D eigenvalue weighted by molar-refractivity contribution is 0.467. The molecule has 2 aromatic rings. The van der Waals surface area contributed by atoms with Gasteiger partial charge in [0.05, 0.1) is 20.1 Å². The smallest absolute Gasteiger partial charge is 0.348 e. The third-order valence-electron chi connectivity index (χ3n) is 1.96. The lowest BCUT2D eigenvalue weighted by atomic mass is 10.2. The lowest BCUT2D eigenvalue weighted by Crippen LogP contribution is -2.04. The predicted octanol–water partition coefficient (Wildman–Crippen LogP) is 4.11. The van der Waals surface area contributed by atoms with Crippen LogP contribution in [0.15, 0.2) is 9.21 Å². The van der Waals surface area contributed by atoms with Gasteiger partial charge in [0.2, 0.25) is 0 Å². The second-order valence-corrected chi connectivity index (χ2v) is 4.51. The van der Waals surface area contributed by atoms with E-state index in [0.717, 1.165) is 0 Å². The molecule has 0 aliphatic carbocycles. The van der Waals surface area contributed by atoms with E-state index >= 15 is 0 Å². The van der Waals surface area contributed by atoms with Crippen LogP contribution in [0.3, 0.4) is 0 Å². The molecule has 0 aliphatic rings. The number of aromatic nitrogens is 1. The van der Waals surface area contributed by atoms with Crippen LogP contribution in [0.1, 0.15) is 5.89 Å². The number of hydrogen-bond donors (Lipinski definition) is 0. The third-order valence-corrected chi connectivity index (χ3v) is 3.75. The van der Waals surface area contributed by atoms with Crippen LogP contribution in [0.25, 0.3) is 10.9 Å². The molecule has 0 saturated heterocycles. The van der Waals surface area contributed by atoms with Crippen LogP contribution < -0.4 is 5.63 Å². The molecule has 0 amide bonds. The average Bonchev–Trinajstić information content (AvgIpc) is 2.22. The van der Waals surface area contributed by atoms with Crippen molar-refractivity contribution in [3.05, 3.63) is 36.4 Å². The summed E-state index contributed by atoms with van der Waals surface area (Å²) in [6.07, 6.45) is 0. The Morgan fingerprint density at radius 2 is 1.56 bits per heavy atom. The van der Waals surface area contributed by atoms with Gasteiger partial charge in [0.15, 0.2) is 5.89 Å². The Hall–Kier alpha value is -0.480. The Morgan fingerprint density at radius 1 is 1.00 bits per heavy atom. The first-order valence-corrected chi connectivity index (χ1v) is 5.58. The maximum Gasteiger partial charge on any atom is 0.348 e. The summed E-state index contributed by atoms with van der Waals surface area (Å²) in [6.45, 7) is 1.52. The van der Waals surface area contributed by atoms with Gasteiger partial charge >= 0.3 is 5.63 Å². The van der Waals surface area contributed by atoms with Gasteiger partial charge in [0, 0.05) is 6.92 Å². The van der Waals surface area contributed by atoms with Crippen molar-refractivity contribution < 1.29 is 4.42 Å². The molecular weight excluding hydrogens is 296 g/mol. The van der Waals surface area contributed by atoms with Crippen LogP contribution in [-0.2, 0) is 0 Å². The number of nitrogens with zero attached hydrogens (tertiary/aromatic N) is 1. The second-order valence-electron chi connectivity index (χ2n) is 3.00. The number of hydrogen-bond acceptors (Lipinski definition) is 3. The van der Waals surface area contributed by atoms with Crippen LogP contribution in [0.4, 0.5) is 0 Å². The van der Waals surface area contributed by atoms with Crippen molar-refractivity contribution in [3.8, 4) is 0 Å². The number of fused-ring (bicyclic) bond motifs is 1. The molecule has 0 unspecified atom stereocenters. The van der Waals surface area contributed by atoms with Gasteiger partial charge in [-0.2, -0.15) is 0 Å². The number of halogens is 4. The Morgan fingerprint density at radius 3 is 2.19 bits per heavy atom. The quantitative estimate of drug-likeness (QED) is 0.543. The summed E-state index contributed by atoms with van der Waals surface area (Å²) in [6, 6.07) is 0. The van der Waals surface area contributed by atoms with E-state index < -0.39 is 5.63 Å². The molecule has 0 atom stereocenters. The molecule has 84 valence electrons. The van der Waals surface area contributed by atoms with Crippen LogP contribution in [-0.4, -0.2) is 4.98 Å². The monoisotopic (exact) mass is 297 g/mol. The standard InChI is InChI=1S/C9H3Cl4NO2/c1-2-14-8-3(9(15)16-2)4(10)5(11)6(12)7(8)13/h1H3. The van der Waals surface area contributed by atoms with E-state index in [2.05, 4.69) is 4.98 Å². The predicted molar refractivity (Wildman–Crippen MR) is 65.1 cm³/mol. The number of benzene rings is 1. The molecule has 2 rings (SSSR count). The van der Waals surface area contributed by atoms with E-state index in [0.29, 0.717) is 0 Å². The number of aryl methyl sites for hydroxylation is 1. The Labute approximate surface area is 110 Å². The van der Waals surface area contributed by atoms with Gasteiger partial charge in [-0.3, -0.25) is 0 Å². The zero-order valence-electron chi connectivity index (χ0n) is 7.78. The van der Waals surface area contributed by atoms with Gasteiger partial charge in [0.1, 0.15) is 10.9 Å². The van der Waals surface area contributed by atoms with E-state index in [4.69, 9.17) is 50.8 Å². The minimum Gasteiger partial charge on any atom is -0.408 e. The first-order valence-electron chi connectivity index (χ1n) is 4.07. The summed E-state index contributed by atoms with van der Waals surface area (Å²) in [5, 5.41) is 0.193. The van der Waals surface area contributed by atoms with E-state index in [9.17, 15) is 4.79 Å². The summed E-state index contributed by atoms with van der Waals surface area (Å²) in [7, 11) is 0. The molecule has 3 nitrogen and oxygen atoms in total. The highest BCUT2D eigenvalue weighted by atomic mass is 35.5. The molecule has 1 heterocycles. The fourth-order valence-electron chi connectivity index (χ4n) is 1.28. The maximum atomic E-state index is 11.6. The molecule has 0 N–H and O–H groups in total. The minimum atomic E-state index is -0.645. The largest absolute Gasteiger partial charge is 0.408 e. The van der Waals surface area contributed by atoms with E-state index in [-0.39, 0.29) is 36.9 Å². The highest BCUT2D eigenvalue weighted by Crippen LogP contribution is 2.40. The van der Waals surface area contributed by atoms with Gasteiger partial charge in [-0.05, 0) is 0 Å². The molecule has 0 bridgehead atoms. The van der Waals surface area contributed by atoms with Crippen molar-refractivity contribution >= 4 is 57.3 Å². The first-order chi connectivity index (χ1) is 7.43. The van der Waals surface area contributed by atoms with Gasteiger partial charge in [-0.25, -0.2) is 9.78 Å². The molecule has 0 aliphatic heterocycles. The zero-order valence-corrected chi connectivity index (χ0v) is 10.8. The number of rotatable bonds is 0. The van der Waals surface area contributed by atoms with Gasteiger partial charge in [0.25, 0.3) is 0 Å². The third kappa shape index (κ3) is 1.68. The van der Waals surface area contributed by atoms with E-state index in [1.807, 2.05) is 0 Å². The van der Waals surface area contributed by atoms with Crippen molar-refractivity contribution in [3.63, 3.8) is 0 Å². The summed E-state index contributed by atoms with van der Waals surface area (Å²) < 4.78 is 4.81. The van der Waals surface area contributed by atoms with Gasteiger partial charge in [-0.1, -0.05) is 46.4 Å². The SMILES string of the molecule is Cc1nc2c(Cl)c(Cl)c(Cl)c(Cl)c2c(=O)o1. The fraction of sp³-hybridized carbons (Fsp3) is 0.111. The van der Waals surface area contributed by atoms with Crippen molar-refractivity contribution in [1.29, 1.82) is 0 Å². The molecule has 16 heavy (non-hydrogen) atoms. The maximum absolute atomic E-state index is 11.6. The summed E-state index contributed by atoms with van der Waals surface area (Å²) in [4.78, 5) is 15.6. The van der Waals surface area contributed by atoms with Gasteiger partial charge in [-0.15, -0.1) is 0 Å². The molecule has 0 radical (unpaired) electrons. The van der Waals surface area contributed by atoms with Crippen molar-refractivity contribution in [2.45, 2.75) is 6.92 Å². The Balaban J connectivity index is 3.15. The average molecular weight is 299 g/mol. The van der Waals surface area contributed by atoms with E-state index in [1.165, 1.54) is 6.92 Å². The fourth-order valence-corrected chi connectivity index (χ4v) is 2.24. The van der Waals surface area contributed by atoms with Crippen LogP contribution in [0.2, 0.25) is 20.1 Å². The molecule has 1 aromatic heterocycles. The lowest BCUT2D eigenvalue weighted by Gasteiger charge is -2.06. The Bertz CT molecular complexity index is 650.